The molecule has 0 aliphatic rings. The standard InChI is InChI=1S/C17H21N5OS/c1-10(6-11(2)21-13(4)23)12(3)15-7-16(14-8-19-20-9-14)22(24-5)17(15)18/h6-9H,2-3,18H2,1,4-5H3,(H,19,20)(H,21,23)/b10-6+. The number of H-pyrrole nitrogens is 1. The van der Waals surface area contributed by atoms with E-state index in [1.54, 1.807) is 12.3 Å². The van der Waals surface area contributed by atoms with Crippen LogP contribution in [0.5, 0.6) is 0 Å². The molecule has 126 valence electrons. The predicted octanol–water partition coefficient (Wildman–Crippen LogP) is 3.20. The van der Waals surface area contributed by atoms with E-state index in [-0.39, 0.29) is 5.91 Å². The highest BCUT2D eigenvalue weighted by molar-refractivity contribution is 7.97. The number of aromatic amines is 1. The molecule has 0 saturated carbocycles. The second kappa shape index (κ2) is 7.27. The maximum atomic E-state index is 11.1. The number of nitrogen functional groups attached to an aromatic ring is 1. The van der Waals surface area contributed by atoms with Gasteiger partial charge in [0.25, 0.3) is 0 Å². The highest BCUT2D eigenvalue weighted by atomic mass is 32.2. The van der Waals surface area contributed by atoms with Gasteiger partial charge in [-0.3, -0.25) is 13.9 Å². The van der Waals surface area contributed by atoms with Crippen LogP contribution in [-0.4, -0.2) is 26.3 Å². The Morgan fingerprint density at radius 3 is 2.71 bits per heavy atom. The summed E-state index contributed by atoms with van der Waals surface area (Å²) >= 11 is 1.51. The molecule has 2 aromatic heterocycles. The molecule has 0 aliphatic heterocycles. The summed E-state index contributed by atoms with van der Waals surface area (Å²) in [4.78, 5) is 11.1. The zero-order valence-electron chi connectivity index (χ0n) is 14.0. The van der Waals surface area contributed by atoms with Gasteiger partial charge in [0.05, 0.1) is 11.9 Å². The van der Waals surface area contributed by atoms with Crippen LogP contribution < -0.4 is 11.1 Å². The van der Waals surface area contributed by atoms with E-state index in [0.717, 1.165) is 28.0 Å². The fraction of sp³-hybridized carbons (Fsp3) is 0.176. The van der Waals surface area contributed by atoms with Gasteiger partial charge in [-0.2, -0.15) is 5.10 Å². The molecule has 7 heteroatoms. The van der Waals surface area contributed by atoms with E-state index in [0.29, 0.717) is 11.5 Å². The van der Waals surface area contributed by atoms with Crippen LogP contribution in [0.25, 0.3) is 16.8 Å². The second-order valence-electron chi connectivity index (χ2n) is 5.30. The maximum Gasteiger partial charge on any atom is 0.221 e. The van der Waals surface area contributed by atoms with E-state index < -0.39 is 0 Å². The van der Waals surface area contributed by atoms with E-state index in [1.165, 1.54) is 18.9 Å². The van der Waals surface area contributed by atoms with Crippen molar-refractivity contribution >= 4 is 29.2 Å². The first-order valence-electron chi connectivity index (χ1n) is 7.24. The molecular weight excluding hydrogens is 322 g/mol. The Hall–Kier alpha value is -2.67. The fourth-order valence-corrected chi connectivity index (χ4v) is 3.01. The first-order valence-corrected chi connectivity index (χ1v) is 8.42. The van der Waals surface area contributed by atoms with Crippen LogP contribution in [0.3, 0.4) is 0 Å². The molecule has 2 aromatic rings. The minimum Gasteiger partial charge on any atom is -0.384 e. The van der Waals surface area contributed by atoms with Crippen LogP contribution in [0.15, 0.2) is 49.0 Å². The summed E-state index contributed by atoms with van der Waals surface area (Å²) in [5, 5.41) is 9.43. The summed E-state index contributed by atoms with van der Waals surface area (Å²) in [6.45, 7) is 11.3. The molecule has 1 amide bonds. The van der Waals surface area contributed by atoms with Crippen molar-refractivity contribution in [2.24, 2.45) is 0 Å². The third kappa shape index (κ3) is 3.62. The number of anilines is 1. The van der Waals surface area contributed by atoms with Crippen LogP contribution in [-0.2, 0) is 4.79 Å². The summed E-state index contributed by atoms with van der Waals surface area (Å²) in [6.07, 6.45) is 7.29. The Labute approximate surface area is 145 Å². The lowest BCUT2D eigenvalue weighted by molar-refractivity contribution is -0.118. The zero-order valence-corrected chi connectivity index (χ0v) is 14.8. The van der Waals surface area contributed by atoms with Crippen LogP contribution in [0.1, 0.15) is 19.4 Å². The fourth-order valence-electron chi connectivity index (χ4n) is 2.36. The van der Waals surface area contributed by atoms with E-state index in [1.807, 2.05) is 29.4 Å². The lowest BCUT2D eigenvalue weighted by Crippen LogP contribution is -2.17. The van der Waals surface area contributed by atoms with Crippen LogP contribution >= 0.6 is 11.9 Å². The van der Waals surface area contributed by atoms with Crippen molar-refractivity contribution in [3.05, 3.63) is 54.5 Å². The summed E-state index contributed by atoms with van der Waals surface area (Å²) in [5.41, 5.74) is 11.2. The number of allylic oxidation sites excluding steroid dienone is 3. The van der Waals surface area contributed by atoms with E-state index in [2.05, 4.69) is 28.7 Å². The number of rotatable bonds is 6. The number of hydrogen-bond donors (Lipinski definition) is 3. The predicted molar refractivity (Wildman–Crippen MR) is 101 cm³/mol. The average Bonchev–Trinajstić information content (AvgIpc) is 3.12. The van der Waals surface area contributed by atoms with E-state index in [4.69, 9.17) is 5.73 Å². The topological polar surface area (TPSA) is 88.7 Å². The molecular formula is C17H21N5OS. The largest absolute Gasteiger partial charge is 0.384 e. The Morgan fingerprint density at radius 1 is 1.46 bits per heavy atom. The van der Waals surface area contributed by atoms with E-state index in [9.17, 15) is 4.79 Å². The SMILES string of the molecule is C=C(/C=C(\C)C(=C)c1cc(-c2cn[nH]c2)n(SC)c1N)NC(C)=O. The number of nitrogens with two attached hydrogens (primary N) is 1. The number of aromatic nitrogens is 3. The van der Waals surface area contributed by atoms with Crippen molar-refractivity contribution in [3.63, 3.8) is 0 Å². The molecule has 0 aliphatic carbocycles. The summed E-state index contributed by atoms with van der Waals surface area (Å²) < 4.78 is 1.93. The van der Waals surface area contributed by atoms with Crippen molar-refractivity contribution in [2.75, 3.05) is 12.0 Å². The highest BCUT2D eigenvalue weighted by Crippen LogP contribution is 2.36. The third-order valence-corrected chi connectivity index (χ3v) is 4.26. The number of hydrogen-bond acceptors (Lipinski definition) is 4. The van der Waals surface area contributed by atoms with Gasteiger partial charge in [0, 0.05) is 36.2 Å². The molecule has 0 atom stereocenters. The number of nitrogens with one attached hydrogen (secondary N) is 2. The molecule has 2 heterocycles. The molecule has 0 aromatic carbocycles. The molecule has 0 radical (unpaired) electrons. The Kier molecular flexibility index (Phi) is 5.35. The molecule has 4 N–H and O–H groups in total. The second-order valence-corrected chi connectivity index (χ2v) is 6.04. The first kappa shape index (κ1) is 17.7. The monoisotopic (exact) mass is 343 g/mol. The smallest absolute Gasteiger partial charge is 0.221 e. The van der Waals surface area contributed by atoms with Gasteiger partial charge < -0.3 is 11.1 Å². The maximum absolute atomic E-state index is 11.1. The molecule has 24 heavy (non-hydrogen) atoms. The van der Waals surface area contributed by atoms with Crippen LogP contribution in [0.4, 0.5) is 5.82 Å². The number of carbonyl (C=O) groups excluding carboxylic acids is 1. The highest BCUT2D eigenvalue weighted by Gasteiger charge is 2.17. The minimum absolute atomic E-state index is 0.162. The van der Waals surface area contributed by atoms with Gasteiger partial charge in [-0.15, -0.1) is 0 Å². The van der Waals surface area contributed by atoms with Gasteiger partial charge in [0.2, 0.25) is 5.91 Å². The van der Waals surface area contributed by atoms with Crippen molar-refractivity contribution in [2.45, 2.75) is 13.8 Å². The van der Waals surface area contributed by atoms with Gasteiger partial charge in [-0.25, -0.2) is 0 Å². The lowest BCUT2D eigenvalue weighted by atomic mass is 10.0. The zero-order chi connectivity index (χ0) is 17.9. The quantitative estimate of drug-likeness (QED) is 0.703. The molecule has 0 fully saturated rings. The third-order valence-electron chi connectivity index (χ3n) is 3.50. The lowest BCUT2D eigenvalue weighted by Gasteiger charge is -2.09. The van der Waals surface area contributed by atoms with Gasteiger partial charge >= 0.3 is 0 Å². The molecule has 0 spiro atoms. The molecule has 0 bridgehead atoms. The van der Waals surface area contributed by atoms with Crippen molar-refractivity contribution in [1.82, 2.24) is 19.5 Å². The van der Waals surface area contributed by atoms with Crippen LogP contribution in [0.2, 0.25) is 0 Å². The van der Waals surface area contributed by atoms with Crippen molar-refractivity contribution in [3.8, 4) is 11.3 Å². The summed E-state index contributed by atoms with van der Waals surface area (Å²) in [6, 6.07) is 1.98. The van der Waals surface area contributed by atoms with Gasteiger partial charge in [0.1, 0.15) is 5.82 Å². The van der Waals surface area contributed by atoms with Crippen molar-refractivity contribution in [1.29, 1.82) is 0 Å². The first-order chi connectivity index (χ1) is 11.3. The molecule has 6 nitrogen and oxygen atoms in total. The summed E-state index contributed by atoms with van der Waals surface area (Å²) in [5.74, 6) is 0.451. The minimum atomic E-state index is -0.162. The number of amides is 1. The normalized spacial score (nSPS) is 11.4. The Morgan fingerprint density at radius 2 is 2.17 bits per heavy atom. The van der Waals surface area contributed by atoms with Gasteiger partial charge in [0.15, 0.2) is 0 Å². The Balaban J connectivity index is 2.38. The Bertz CT molecular complexity index is 814. The summed E-state index contributed by atoms with van der Waals surface area (Å²) in [7, 11) is 0. The molecule has 0 unspecified atom stereocenters. The van der Waals surface area contributed by atoms with Gasteiger partial charge in [-0.05, 0) is 42.2 Å². The van der Waals surface area contributed by atoms with Crippen molar-refractivity contribution < 1.29 is 4.79 Å². The van der Waals surface area contributed by atoms with Gasteiger partial charge in [-0.1, -0.05) is 13.2 Å². The number of carbonyl (C=O) groups is 1. The number of nitrogens with zero attached hydrogens (tertiary/aromatic N) is 2. The van der Waals surface area contributed by atoms with E-state index >= 15 is 0 Å². The van der Waals surface area contributed by atoms with Crippen LogP contribution in [0, 0.1) is 0 Å². The average molecular weight is 343 g/mol. The molecule has 2 rings (SSSR count). The molecule has 0 saturated heterocycles.